The second kappa shape index (κ2) is 4.83. The number of aromatic nitrogens is 1. The van der Waals surface area contributed by atoms with Gasteiger partial charge in [0.05, 0.1) is 17.4 Å². The van der Waals surface area contributed by atoms with E-state index in [1.54, 1.807) is 0 Å². The molecule has 0 saturated carbocycles. The Morgan fingerprint density at radius 3 is 2.81 bits per heavy atom. The van der Waals surface area contributed by atoms with Crippen LogP contribution in [0.2, 0.25) is 0 Å². The summed E-state index contributed by atoms with van der Waals surface area (Å²) in [5.41, 5.74) is 5.82. The van der Waals surface area contributed by atoms with Crippen molar-refractivity contribution in [3.05, 3.63) is 17.8 Å². The molecule has 1 aromatic heterocycles. The smallest absolute Gasteiger partial charge is 0.337 e. The molecule has 0 aromatic carbocycles. The Morgan fingerprint density at radius 1 is 1.69 bits per heavy atom. The van der Waals surface area contributed by atoms with Crippen molar-refractivity contribution in [3.63, 3.8) is 0 Å². The molecule has 0 aliphatic heterocycles. The summed E-state index contributed by atoms with van der Waals surface area (Å²) in [6.45, 7) is 4.12. The van der Waals surface area contributed by atoms with Crippen molar-refractivity contribution in [2.24, 2.45) is 0 Å². The summed E-state index contributed by atoms with van der Waals surface area (Å²) in [7, 11) is 1.89. The zero-order valence-electron chi connectivity index (χ0n) is 9.77. The number of nitrogens with two attached hydrogens (primary N) is 1. The van der Waals surface area contributed by atoms with Gasteiger partial charge in [-0.05, 0) is 19.4 Å². The molecule has 1 aromatic rings. The molecule has 3 N–H and O–H groups in total. The fourth-order valence-electron chi connectivity index (χ4n) is 1.33. The second-order valence-electron chi connectivity index (χ2n) is 3.80. The third-order valence-corrected chi connectivity index (χ3v) is 2.76. The first-order valence-corrected chi connectivity index (χ1v) is 5.19. The molecule has 1 rings (SSSR count). The van der Waals surface area contributed by atoms with Crippen LogP contribution in [-0.4, -0.2) is 29.1 Å². The molecule has 0 aliphatic carbocycles. The number of nitrogen functional groups attached to an aromatic ring is 1. The molecule has 1 heterocycles. The van der Waals surface area contributed by atoms with Gasteiger partial charge in [-0.25, -0.2) is 9.78 Å². The van der Waals surface area contributed by atoms with E-state index in [-0.39, 0.29) is 11.3 Å². The Morgan fingerprint density at radius 2 is 2.31 bits per heavy atom. The van der Waals surface area contributed by atoms with Crippen LogP contribution in [0, 0.1) is 0 Å². The molecule has 0 spiro atoms. The van der Waals surface area contributed by atoms with E-state index in [1.807, 2.05) is 11.9 Å². The summed E-state index contributed by atoms with van der Waals surface area (Å²) in [4.78, 5) is 17.0. The molecule has 0 amide bonds. The van der Waals surface area contributed by atoms with Gasteiger partial charge in [-0.2, -0.15) is 0 Å². The Balaban J connectivity index is 3.07. The highest BCUT2D eigenvalue weighted by Gasteiger charge is 2.14. The lowest BCUT2D eigenvalue weighted by atomic mass is 10.2. The van der Waals surface area contributed by atoms with Crippen molar-refractivity contribution < 1.29 is 9.90 Å². The Hall–Kier alpha value is -1.78. The zero-order valence-corrected chi connectivity index (χ0v) is 9.77. The van der Waals surface area contributed by atoms with Crippen molar-refractivity contribution in [1.82, 2.24) is 4.98 Å². The summed E-state index contributed by atoms with van der Waals surface area (Å²) in [5, 5.41) is 8.94. The van der Waals surface area contributed by atoms with E-state index in [9.17, 15) is 4.79 Å². The number of hydrogen-bond acceptors (Lipinski definition) is 4. The van der Waals surface area contributed by atoms with E-state index >= 15 is 0 Å². The van der Waals surface area contributed by atoms with Crippen molar-refractivity contribution in [2.45, 2.75) is 26.3 Å². The highest BCUT2D eigenvalue weighted by Crippen LogP contribution is 2.19. The normalized spacial score (nSPS) is 12.2. The summed E-state index contributed by atoms with van der Waals surface area (Å²) < 4.78 is 0. The molecular weight excluding hydrogens is 206 g/mol. The first-order valence-electron chi connectivity index (χ1n) is 5.19. The highest BCUT2D eigenvalue weighted by atomic mass is 16.4. The summed E-state index contributed by atoms with van der Waals surface area (Å²) in [6, 6.07) is 1.81. The van der Waals surface area contributed by atoms with Crippen molar-refractivity contribution in [2.75, 3.05) is 17.7 Å². The first kappa shape index (κ1) is 12.3. The molecule has 0 radical (unpaired) electrons. The number of nitrogens with zero attached hydrogens (tertiary/aromatic N) is 2. The van der Waals surface area contributed by atoms with Crippen LogP contribution in [0.4, 0.5) is 11.5 Å². The van der Waals surface area contributed by atoms with Gasteiger partial charge < -0.3 is 15.7 Å². The fraction of sp³-hybridized carbons (Fsp3) is 0.455. The van der Waals surface area contributed by atoms with Crippen LogP contribution < -0.4 is 10.6 Å². The van der Waals surface area contributed by atoms with Crippen LogP contribution in [0.25, 0.3) is 0 Å². The molecule has 88 valence electrons. The lowest BCUT2D eigenvalue weighted by molar-refractivity contribution is 0.0698. The molecule has 0 aliphatic rings. The van der Waals surface area contributed by atoms with Gasteiger partial charge in [-0.3, -0.25) is 0 Å². The summed E-state index contributed by atoms with van der Waals surface area (Å²) >= 11 is 0. The minimum absolute atomic E-state index is 0.0974. The summed E-state index contributed by atoms with van der Waals surface area (Å²) in [6.07, 6.45) is 2.35. The number of anilines is 2. The number of aromatic carboxylic acids is 1. The van der Waals surface area contributed by atoms with E-state index in [4.69, 9.17) is 10.8 Å². The minimum atomic E-state index is -1.03. The van der Waals surface area contributed by atoms with Crippen LogP contribution in [0.5, 0.6) is 0 Å². The van der Waals surface area contributed by atoms with Gasteiger partial charge in [0.1, 0.15) is 5.82 Å². The van der Waals surface area contributed by atoms with Gasteiger partial charge in [0, 0.05) is 13.1 Å². The quantitative estimate of drug-likeness (QED) is 0.810. The van der Waals surface area contributed by atoms with Crippen molar-refractivity contribution >= 4 is 17.5 Å². The van der Waals surface area contributed by atoms with Gasteiger partial charge in [-0.15, -0.1) is 0 Å². The number of carboxylic acids is 1. The number of carboxylic acid groups (broad SMARTS) is 1. The van der Waals surface area contributed by atoms with E-state index in [0.717, 1.165) is 6.42 Å². The topological polar surface area (TPSA) is 79.5 Å². The molecule has 5 nitrogen and oxygen atoms in total. The van der Waals surface area contributed by atoms with E-state index in [1.165, 1.54) is 12.3 Å². The lowest BCUT2D eigenvalue weighted by Crippen LogP contribution is -2.29. The second-order valence-corrected chi connectivity index (χ2v) is 3.80. The van der Waals surface area contributed by atoms with E-state index in [0.29, 0.717) is 11.9 Å². The van der Waals surface area contributed by atoms with Crippen molar-refractivity contribution in [3.8, 4) is 0 Å². The molecule has 0 fully saturated rings. The van der Waals surface area contributed by atoms with Gasteiger partial charge in [0.25, 0.3) is 0 Å². The first-order chi connectivity index (χ1) is 7.47. The zero-order chi connectivity index (χ0) is 12.3. The fourth-order valence-corrected chi connectivity index (χ4v) is 1.33. The van der Waals surface area contributed by atoms with Crippen LogP contribution in [0.15, 0.2) is 12.3 Å². The predicted octanol–water partition coefficient (Wildman–Crippen LogP) is 1.60. The maximum absolute atomic E-state index is 10.9. The third kappa shape index (κ3) is 2.42. The molecule has 5 heteroatoms. The molecule has 1 unspecified atom stereocenters. The monoisotopic (exact) mass is 223 g/mol. The van der Waals surface area contributed by atoms with Crippen LogP contribution in [-0.2, 0) is 0 Å². The van der Waals surface area contributed by atoms with Gasteiger partial charge in [0.15, 0.2) is 0 Å². The average Bonchev–Trinajstić information content (AvgIpc) is 2.27. The van der Waals surface area contributed by atoms with E-state index in [2.05, 4.69) is 18.8 Å². The molecule has 0 bridgehead atoms. The number of pyridine rings is 1. The SMILES string of the molecule is CCC(C)N(C)c1cc(C(=O)O)c(N)cn1. The average molecular weight is 223 g/mol. The van der Waals surface area contributed by atoms with Gasteiger partial charge >= 0.3 is 5.97 Å². The highest BCUT2D eigenvalue weighted by molar-refractivity contribution is 5.94. The molecule has 1 atom stereocenters. The van der Waals surface area contributed by atoms with Crippen LogP contribution in [0.3, 0.4) is 0 Å². The van der Waals surface area contributed by atoms with E-state index < -0.39 is 5.97 Å². The minimum Gasteiger partial charge on any atom is -0.478 e. The van der Waals surface area contributed by atoms with Crippen molar-refractivity contribution in [1.29, 1.82) is 0 Å². The Bertz CT molecular complexity index is 393. The maximum atomic E-state index is 10.9. The number of rotatable bonds is 4. The van der Waals surface area contributed by atoms with Gasteiger partial charge in [0.2, 0.25) is 0 Å². The Kier molecular flexibility index (Phi) is 3.71. The van der Waals surface area contributed by atoms with Gasteiger partial charge in [-0.1, -0.05) is 6.92 Å². The lowest BCUT2D eigenvalue weighted by Gasteiger charge is -2.25. The number of carbonyl (C=O) groups is 1. The number of hydrogen-bond donors (Lipinski definition) is 2. The summed E-state index contributed by atoms with van der Waals surface area (Å²) in [5.74, 6) is -0.403. The maximum Gasteiger partial charge on any atom is 0.337 e. The Labute approximate surface area is 94.9 Å². The predicted molar refractivity (Wildman–Crippen MR) is 63.8 cm³/mol. The third-order valence-electron chi connectivity index (χ3n) is 2.76. The largest absolute Gasteiger partial charge is 0.478 e. The molecular formula is C11H17N3O2. The van der Waals surface area contributed by atoms with Crippen LogP contribution >= 0.6 is 0 Å². The molecule has 16 heavy (non-hydrogen) atoms. The van der Waals surface area contributed by atoms with Crippen LogP contribution in [0.1, 0.15) is 30.6 Å². The molecule has 0 saturated heterocycles. The standard InChI is InChI=1S/C11H17N3O2/c1-4-7(2)14(3)10-5-8(11(15)16)9(12)6-13-10/h5-7H,4,12H2,1-3H3,(H,15,16).